The first-order chi connectivity index (χ1) is 12.8. The van der Waals surface area contributed by atoms with E-state index in [2.05, 4.69) is 5.32 Å². The summed E-state index contributed by atoms with van der Waals surface area (Å²) in [5.74, 6) is -0.820. The van der Waals surface area contributed by atoms with Gasteiger partial charge < -0.3 is 14.6 Å². The van der Waals surface area contributed by atoms with E-state index in [1.54, 1.807) is 7.05 Å². The van der Waals surface area contributed by atoms with Crippen LogP contribution in [0.25, 0.3) is 0 Å². The van der Waals surface area contributed by atoms with Gasteiger partial charge >= 0.3 is 0 Å². The number of sulfonamides is 1. The van der Waals surface area contributed by atoms with Gasteiger partial charge in [0.05, 0.1) is 12.8 Å². The maximum atomic E-state index is 13.3. The van der Waals surface area contributed by atoms with Crippen LogP contribution in [0.5, 0.6) is 5.75 Å². The molecule has 0 bridgehead atoms. The van der Waals surface area contributed by atoms with Gasteiger partial charge in [-0.2, -0.15) is 4.31 Å². The molecule has 0 unspecified atom stereocenters. The summed E-state index contributed by atoms with van der Waals surface area (Å²) in [6.45, 7) is 0.983. The van der Waals surface area contributed by atoms with Gasteiger partial charge in [0, 0.05) is 32.4 Å². The average molecular weight is 395 g/mol. The molecule has 3 rings (SSSR count). The molecule has 1 aliphatic heterocycles. The number of amides is 1. The molecule has 1 amide bonds. The Morgan fingerprint density at radius 3 is 2.56 bits per heavy atom. The van der Waals surface area contributed by atoms with Crippen molar-refractivity contribution in [3.8, 4) is 5.75 Å². The smallest absolute Gasteiger partial charge is 0.272 e. The van der Waals surface area contributed by atoms with E-state index in [9.17, 15) is 17.6 Å². The van der Waals surface area contributed by atoms with E-state index < -0.39 is 21.7 Å². The van der Waals surface area contributed by atoms with E-state index in [0.717, 1.165) is 25.3 Å². The number of nitrogens with zero attached hydrogens (tertiary/aromatic N) is 2. The van der Waals surface area contributed by atoms with Crippen LogP contribution in [0.15, 0.2) is 35.4 Å². The van der Waals surface area contributed by atoms with Crippen LogP contribution in [0.1, 0.15) is 29.8 Å². The average Bonchev–Trinajstić information content (AvgIpc) is 3.06. The number of benzene rings is 1. The number of aromatic nitrogens is 1. The first kappa shape index (κ1) is 19.4. The molecule has 27 heavy (non-hydrogen) atoms. The zero-order valence-corrected chi connectivity index (χ0v) is 16.1. The van der Waals surface area contributed by atoms with Crippen molar-refractivity contribution >= 4 is 21.6 Å². The van der Waals surface area contributed by atoms with Crippen LogP contribution in [-0.4, -0.2) is 43.4 Å². The second-order valence-corrected chi connectivity index (χ2v) is 8.37. The Bertz CT molecular complexity index is 950. The highest BCUT2D eigenvalue weighted by molar-refractivity contribution is 7.89. The van der Waals surface area contributed by atoms with Crippen molar-refractivity contribution in [2.45, 2.75) is 24.2 Å². The second-order valence-electron chi connectivity index (χ2n) is 6.44. The number of anilines is 1. The molecule has 1 fully saturated rings. The van der Waals surface area contributed by atoms with Crippen molar-refractivity contribution in [1.29, 1.82) is 0 Å². The summed E-state index contributed by atoms with van der Waals surface area (Å²) in [5, 5.41) is 2.63. The predicted molar refractivity (Wildman–Crippen MR) is 98.9 cm³/mol. The number of methoxy groups -OCH3 is 1. The molecule has 1 aromatic carbocycles. The minimum atomic E-state index is -3.63. The highest BCUT2D eigenvalue weighted by atomic mass is 32.2. The minimum absolute atomic E-state index is 0.0862. The highest BCUT2D eigenvalue weighted by Gasteiger charge is 2.28. The van der Waals surface area contributed by atoms with E-state index in [1.807, 2.05) is 0 Å². The molecule has 1 aromatic heterocycles. The van der Waals surface area contributed by atoms with Gasteiger partial charge in [0.15, 0.2) is 0 Å². The van der Waals surface area contributed by atoms with Gasteiger partial charge in [-0.3, -0.25) is 4.79 Å². The number of hydrogen-bond acceptors (Lipinski definition) is 4. The molecule has 1 saturated heterocycles. The number of ether oxygens (including phenoxy) is 1. The van der Waals surface area contributed by atoms with E-state index in [4.69, 9.17) is 4.74 Å². The minimum Gasteiger partial charge on any atom is -0.494 e. The fourth-order valence-corrected chi connectivity index (χ4v) is 4.70. The molecule has 9 heteroatoms. The maximum Gasteiger partial charge on any atom is 0.272 e. The number of halogens is 1. The third-order valence-electron chi connectivity index (χ3n) is 4.58. The zero-order chi connectivity index (χ0) is 19.6. The van der Waals surface area contributed by atoms with Gasteiger partial charge in [-0.15, -0.1) is 0 Å². The van der Waals surface area contributed by atoms with E-state index in [0.29, 0.717) is 18.8 Å². The number of aryl methyl sites for hydroxylation is 1. The molecular formula is C18H22FN3O4S. The van der Waals surface area contributed by atoms with Crippen molar-refractivity contribution in [2.24, 2.45) is 7.05 Å². The largest absolute Gasteiger partial charge is 0.494 e. The standard InChI is InChI=1S/C18H22FN3O4S/c1-21-12-14(27(24,25)22-8-4-3-5-9-22)11-16(21)18(23)20-15-7-6-13(19)10-17(15)26-2/h6-7,10-12H,3-5,8-9H2,1-2H3,(H,20,23). The lowest BCUT2D eigenvalue weighted by Crippen LogP contribution is -2.35. The summed E-state index contributed by atoms with van der Waals surface area (Å²) >= 11 is 0. The van der Waals surface area contributed by atoms with Gasteiger partial charge in [0.1, 0.15) is 22.2 Å². The predicted octanol–water partition coefficient (Wildman–Crippen LogP) is 2.60. The van der Waals surface area contributed by atoms with Gasteiger partial charge in [-0.25, -0.2) is 12.8 Å². The summed E-state index contributed by atoms with van der Waals surface area (Å²) in [6, 6.07) is 5.11. The molecule has 0 saturated carbocycles. The molecule has 1 aliphatic rings. The topological polar surface area (TPSA) is 80.6 Å². The Kier molecular flexibility index (Phi) is 5.52. The van der Waals surface area contributed by atoms with Crippen LogP contribution in [-0.2, 0) is 17.1 Å². The lowest BCUT2D eigenvalue weighted by Gasteiger charge is -2.25. The summed E-state index contributed by atoms with van der Waals surface area (Å²) in [4.78, 5) is 12.7. The third kappa shape index (κ3) is 3.98. The number of hydrogen-bond donors (Lipinski definition) is 1. The van der Waals surface area contributed by atoms with Gasteiger partial charge in [-0.05, 0) is 31.0 Å². The summed E-state index contributed by atoms with van der Waals surface area (Å²) < 4.78 is 46.9. The monoisotopic (exact) mass is 395 g/mol. The SMILES string of the molecule is COc1cc(F)ccc1NC(=O)c1cc(S(=O)(=O)N2CCCCC2)cn1C. The van der Waals surface area contributed by atoms with Crippen molar-refractivity contribution in [3.05, 3.63) is 42.0 Å². The lowest BCUT2D eigenvalue weighted by atomic mass is 10.2. The number of piperidine rings is 1. The molecule has 146 valence electrons. The van der Waals surface area contributed by atoms with Crippen LogP contribution in [0, 0.1) is 5.82 Å². The Balaban J connectivity index is 1.85. The zero-order valence-electron chi connectivity index (χ0n) is 15.2. The maximum absolute atomic E-state index is 13.3. The van der Waals surface area contributed by atoms with Crippen LogP contribution in [0.2, 0.25) is 0 Å². The normalized spacial score (nSPS) is 15.5. The van der Waals surface area contributed by atoms with Crippen LogP contribution < -0.4 is 10.1 Å². The number of carbonyl (C=O) groups is 1. The summed E-state index contributed by atoms with van der Waals surface area (Å²) in [7, 11) is -0.656. The molecular weight excluding hydrogens is 373 g/mol. The van der Waals surface area contributed by atoms with Crippen LogP contribution in [0.4, 0.5) is 10.1 Å². The van der Waals surface area contributed by atoms with Gasteiger partial charge in [-0.1, -0.05) is 6.42 Å². The first-order valence-electron chi connectivity index (χ1n) is 8.64. The molecule has 1 N–H and O–H groups in total. The molecule has 2 heterocycles. The van der Waals surface area contributed by atoms with Crippen molar-refractivity contribution in [2.75, 3.05) is 25.5 Å². The fourth-order valence-electron chi connectivity index (χ4n) is 3.11. The molecule has 7 nitrogen and oxygen atoms in total. The van der Waals surface area contributed by atoms with E-state index in [1.165, 1.54) is 40.4 Å². The third-order valence-corrected chi connectivity index (χ3v) is 6.44. The molecule has 0 radical (unpaired) electrons. The van der Waals surface area contributed by atoms with Gasteiger partial charge in [0.25, 0.3) is 5.91 Å². The van der Waals surface area contributed by atoms with Crippen LogP contribution >= 0.6 is 0 Å². The molecule has 0 atom stereocenters. The Hall–Kier alpha value is -2.39. The lowest BCUT2D eigenvalue weighted by molar-refractivity contribution is 0.101. The molecule has 0 aliphatic carbocycles. The Morgan fingerprint density at radius 1 is 1.19 bits per heavy atom. The fraction of sp³-hybridized carbons (Fsp3) is 0.389. The highest BCUT2D eigenvalue weighted by Crippen LogP contribution is 2.27. The summed E-state index contributed by atoms with van der Waals surface area (Å²) in [6.07, 6.45) is 4.13. The number of carbonyl (C=O) groups excluding carboxylic acids is 1. The number of nitrogens with one attached hydrogen (secondary N) is 1. The van der Waals surface area contributed by atoms with Crippen LogP contribution in [0.3, 0.4) is 0 Å². The van der Waals surface area contributed by atoms with Crippen molar-refractivity contribution in [1.82, 2.24) is 8.87 Å². The van der Waals surface area contributed by atoms with E-state index in [-0.39, 0.29) is 16.3 Å². The Morgan fingerprint density at radius 2 is 1.89 bits per heavy atom. The van der Waals surface area contributed by atoms with Gasteiger partial charge in [0.2, 0.25) is 10.0 Å². The molecule has 0 spiro atoms. The molecule has 2 aromatic rings. The number of rotatable bonds is 5. The first-order valence-corrected chi connectivity index (χ1v) is 10.1. The van der Waals surface area contributed by atoms with Crippen molar-refractivity contribution < 1.29 is 22.3 Å². The van der Waals surface area contributed by atoms with E-state index >= 15 is 0 Å². The Labute approximate surface area is 157 Å². The summed E-state index contributed by atoms with van der Waals surface area (Å²) in [5.41, 5.74) is 0.475. The second kappa shape index (κ2) is 7.69. The van der Waals surface area contributed by atoms with Crippen molar-refractivity contribution in [3.63, 3.8) is 0 Å². The quantitative estimate of drug-likeness (QED) is 0.844.